The molecule has 0 radical (unpaired) electrons. The Morgan fingerprint density at radius 3 is 2.52 bits per heavy atom. The molecule has 0 aromatic heterocycles. The van der Waals surface area contributed by atoms with Gasteiger partial charge in [0, 0.05) is 50.2 Å². The zero-order valence-corrected chi connectivity index (χ0v) is 17.9. The lowest BCUT2D eigenvalue weighted by Gasteiger charge is -2.43. The number of rotatable bonds is 6. The molecule has 1 amide bonds. The number of nitro groups is 1. The Morgan fingerprint density at radius 1 is 1.23 bits per heavy atom. The van der Waals surface area contributed by atoms with Gasteiger partial charge in [0.1, 0.15) is 11.8 Å². The SMILES string of the molecule is COC(C(c1ccccc1)c1cc([N+](=O)[O-])ccc1Cl)N1CCC2(CC1)CNC(=O)O2. The maximum absolute atomic E-state index is 11.5. The smallest absolute Gasteiger partial charge is 0.407 e. The first-order valence-corrected chi connectivity index (χ1v) is 10.5. The number of hydrogen-bond donors (Lipinski definition) is 1. The fraction of sp³-hybridized carbons (Fsp3) is 0.409. The average molecular weight is 446 g/mol. The predicted molar refractivity (Wildman–Crippen MR) is 115 cm³/mol. The second kappa shape index (κ2) is 8.82. The molecule has 9 heteroatoms. The minimum Gasteiger partial charge on any atom is -0.441 e. The van der Waals surface area contributed by atoms with Gasteiger partial charge in [-0.05, 0) is 17.2 Å². The topological polar surface area (TPSA) is 93.9 Å². The van der Waals surface area contributed by atoms with Crippen molar-refractivity contribution in [1.82, 2.24) is 10.2 Å². The summed E-state index contributed by atoms with van der Waals surface area (Å²) in [6.45, 7) is 1.82. The summed E-state index contributed by atoms with van der Waals surface area (Å²) in [7, 11) is 1.63. The van der Waals surface area contributed by atoms with Crippen molar-refractivity contribution in [2.75, 3.05) is 26.7 Å². The third-order valence-electron chi connectivity index (χ3n) is 6.14. The molecule has 2 atom stereocenters. The van der Waals surface area contributed by atoms with E-state index in [4.69, 9.17) is 21.1 Å². The summed E-state index contributed by atoms with van der Waals surface area (Å²) in [5.41, 5.74) is 1.10. The van der Waals surface area contributed by atoms with Crippen LogP contribution < -0.4 is 5.32 Å². The van der Waals surface area contributed by atoms with E-state index >= 15 is 0 Å². The van der Waals surface area contributed by atoms with Crippen LogP contribution in [0.1, 0.15) is 29.9 Å². The number of carbonyl (C=O) groups is 1. The quantitative estimate of drug-likeness (QED) is 0.535. The van der Waals surface area contributed by atoms with Gasteiger partial charge in [-0.1, -0.05) is 41.9 Å². The molecule has 2 unspecified atom stereocenters. The van der Waals surface area contributed by atoms with Crippen molar-refractivity contribution in [2.24, 2.45) is 0 Å². The van der Waals surface area contributed by atoms with Crippen molar-refractivity contribution < 1.29 is 19.2 Å². The van der Waals surface area contributed by atoms with Gasteiger partial charge in [-0.2, -0.15) is 0 Å². The van der Waals surface area contributed by atoms with E-state index in [1.54, 1.807) is 13.2 Å². The second-order valence-corrected chi connectivity index (χ2v) is 8.35. The van der Waals surface area contributed by atoms with Crippen LogP contribution >= 0.6 is 11.6 Å². The number of nitro benzene ring substituents is 1. The van der Waals surface area contributed by atoms with Crippen LogP contribution in [0.3, 0.4) is 0 Å². The molecule has 0 bridgehead atoms. The van der Waals surface area contributed by atoms with Crippen LogP contribution in [0.2, 0.25) is 5.02 Å². The number of ether oxygens (including phenoxy) is 2. The van der Waals surface area contributed by atoms with E-state index in [0.29, 0.717) is 43.1 Å². The molecule has 2 fully saturated rings. The molecule has 2 aromatic carbocycles. The minimum absolute atomic E-state index is 0.0169. The van der Waals surface area contributed by atoms with Crippen LogP contribution in [0.15, 0.2) is 48.5 Å². The van der Waals surface area contributed by atoms with E-state index in [0.717, 1.165) is 5.56 Å². The number of halogens is 1. The van der Waals surface area contributed by atoms with Gasteiger partial charge in [-0.3, -0.25) is 15.0 Å². The van der Waals surface area contributed by atoms with Crippen molar-refractivity contribution in [1.29, 1.82) is 0 Å². The number of benzene rings is 2. The highest BCUT2D eigenvalue weighted by molar-refractivity contribution is 6.31. The van der Waals surface area contributed by atoms with E-state index in [1.807, 2.05) is 30.3 Å². The highest BCUT2D eigenvalue weighted by atomic mass is 35.5. The van der Waals surface area contributed by atoms with Crippen LogP contribution in [0.25, 0.3) is 0 Å². The van der Waals surface area contributed by atoms with Crippen molar-refractivity contribution in [3.63, 3.8) is 0 Å². The van der Waals surface area contributed by atoms with Gasteiger partial charge in [0.25, 0.3) is 5.69 Å². The normalized spacial score (nSPS) is 20.1. The molecule has 2 aliphatic rings. The number of piperidine rings is 1. The molecule has 2 heterocycles. The highest BCUT2D eigenvalue weighted by Gasteiger charge is 2.45. The molecule has 1 spiro atoms. The van der Waals surface area contributed by atoms with Gasteiger partial charge >= 0.3 is 6.09 Å². The lowest BCUT2D eigenvalue weighted by atomic mass is 9.86. The first kappa shape index (κ1) is 21.5. The number of methoxy groups -OCH3 is 1. The number of non-ortho nitro benzene ring substituents is 1. The highest BCUT2D eigenvalue weighted by Crippen LogP contribution is 2.39. The Hall–Kier alpha value is -2.68. The lowest BCUT2D eigenvalue weighted by Crippen LogP contribution is -2.52. The molecular formula is C22H24ClN3O5. The van der Waals surface area contributed by atoms with Crippen molar-refractivity contribution >= 4 is 23.4 Å². The van der Waals surface area contributed by atoms with Crippen molar-refractivity contribution in [2.45, 2.75) is 30.6 Å². The fourth-order valence-electron chi connectivity index (χ4n) is 4.50. The largest absolute Gasteiger partial charge is 0.441 e. The summed E-state index contributed by atoms with van der Waals surface area (Å²) in [6.07, 6.45) is 0.581. The fourth-order valence-corrected chi connectivity index (χ4v) is 4.74. The van der Waals surface area contributed by atoms with E-state index in [9.17, 15) is 14.9 Å². The number of nitrogens with one attached hydrogen (secondary N) is 1. The number of hydrogen-bond acceptors (Lipinski definition) is 6. The number of alkyl carbamates (subject to hydrolysis) is 1. The maximum atomic E-state index is 11.5. The van der Waals surface area contributed by atoms with Crippen molar-refractivity contribution in [3.8, 4) is 0 Å². The first-order valence-electron chi connectivity index (χ1n) is 10.1. The number of carbonyl (C=O) groups excluding carboxylic acids is 1. The molecular weight excluding hydrogens is 422 g/mol. The van der Waals surface area contributed by atoms with Gasteiger partial charge < -0.3 is 14.8 Å². The molecule has 1 N–H and O–H groups in total. The molecule has 2 aliphatic heterocycles. The maximum Gasteiger partial charge on any atom is 0.407 e. The van der Waals surface area contributed by atoms with Gasteiger partial charge in [0.15, 0.2) is 0 Å². The van der Waals surface area contributed by atoms with Crippen molar-refractivity contribution in [3.05, 3.63) is 74.8 Å². The van der Waals surface area contributed by atoms with Crippen LogP contribution in [0.4, 0.5) is 10.5 Å². The first-order chi connectivity index (χ1) is 14.9. The standard InChI is InChI=1S/C22H24ClN3O5/c1-30-20(25-11-9-22(10-12-25)14-24-21(27)31-22)19(15-5-3-2-4-6-15)17-13-16(26(28)29)7-8-18(17)23/h2-8,13,19-20H,9-12,14H2,1H3,(H,24,27). The Balaban J connectivity index is 1.68. The summed E-state index contributed by atoms with van der Waals surface area (Å²) in [4.78, 5) is 24.7. The zero-order chi connectivity index (χ0) is 22.0. The number of amides is 1. The molecule has 2 saturated heterocycles. The van der Waals surface area contributed by atoms with E-state index in [-0.39, 0.29) is 17.7 Å². The lowest BCUT2D eigenvalue weighted by molar-refractivity contribution is -0.384. The second-order valence-electron chi connectivity index (χ2n) is 7.94. The molecule has 0 saturated carbocycles. The third kappa shape index (κ3) is 4.37. The van der Waals surface area contributed by atoms with Gasteiger partial charge in [0.2, 0.25) is 0 Å². The Bertz CT molecular complexity index is 963. The molecule has 4 rings (SSSR count). The summed E-state index contributed by atoms with van der Waals surface area (Å²) < 4.78 is 11.5. The summed E-state index contributed by atoms with van der Waals surface area (Å²) in [5.74, 6) is -0.336. The van der Waals surface area contributed by atoms with E-state index in [2.05, 4.69) is 10.2 Å². The Kier molecular flexibility index (Phi) is 6.13. The van der Waals surface area contributed by atoms with Gasteiger partial charge in [-0.25, -0.2) is 4.79 Å². The average Bonchev–Trinajstić information content (AvgIpc) is 3.14. The Labute approximate surface area is 185 Å². The molecule has 164 valence electrons. The summed E-state index contributed by atoms with van der Waals surface area (Å²) >= 11 is 6.54. The van der Waals surface area contributed by atoms with Crippen LogP contribution in [-0.2, 0) is 9.47 Å². The Morgan fingerprint density at radius 2 is 1.94 bits per heavy atom. The van der Waals surface area contributed by atoms with Gasteiger partial charge in [-0.15, -0.1) is 0 Å². The van der Waals surface area contributed by atoms with Crippen LogP contribution in [0.5, 0.6) is 0 Å². The monoisotopic (exact) mass is 445 g/mol. The summed E-state index contributed by atoms with van der Waals surface area (Å²) in [5, 5.41) is 14.6. The van der Waals surface area contributed by atoms with Crippen LogP contribution in [-0.4, -0.2) is 54.5 Å². The van der Waals surface area contributed by atoms with E-state index < -0.39 is 16.8 Å². The molecule has 2 aromatic rings. The van der Waals surface area contributed by atoms with Crippen LogP contribution in [0, 0.1) is 10.1 Å². The predicted octanol–water partition coefficient (Wildman–Crippen LogP) is 3.93. The van der Waals surface area contributed by atoms with Gasteiger partial charge in [0.05, 0.1) is 17.4 Å². The molecule has 0 aliphatic carbocycles. The molecule has 8 nitrogen and oxygen atoms in total. The summed E-state index contributed by atoms with van der Waals surface area (Å²) in [6, 6.07) is 14.2. The number of nitrogens with zero attached hydrogens (tertiary/aromatic N) is 2. The zero-order valence-electron chi connectivity index (χ0n) is 17.1. The van der Waals surface area contributed by atoms with E-state index in [1.165, 1.54) is 12.1 Å². The third-order valence-corrected chi connectivity index (χ3v) is 6.49. The number of likely N-dealkylation sites (tertiary alicyclic amines) is 1. The molecule has 31 heavy (non-hydrogen) atoms. The minimum atomic E-state index is -0.475.